The average Bonchev–Trinajstić information content (AvgIpc) is 2.15. The van der Waals surface area contributed by atoms with Crippen LogP contribution >= 0.6 is 0 Å². The van der Waals surface area contributed by atoms with Crippen molar-refractivity contribution in [3.05, 3.63) is 0 Å². The van der Waals surface area contributed by atoms with Crippen LogP contribution in [0.5, 0.6) is 0 Å². The summed E-state index contributed by atoms with van der Waals surface area (Å²) in [5.41, 5.74) is 0.315. The summed E-state index contributed by atoms with van der Waals surface area (Å²) in [6.45, 7) is 10.2. The third-order valence-corrected chi connectivity index (χ3v) is 3.53. The van der Waals surface area contributed by atoms with Crippen molar-refractivity contribution in [2.24, 2.45) is 17.3 Å². The second-order valence-corrected chi connectivity index (χ2v) is 6.70. The minimum Gasteiger partial charge on any atom is -0.302 e. The van der Waals surface area contributed by atoms with E-state index < -0.39 is 0 Å². The fourth-order valence-corrected chi connectivity index (χ4v) is 2.85. The Hall–Kier alpha value is -0.550. The van der Waals surface area contributed by atoms with Gasteiger partial charge in [0.1, 0.15) is 0 Å². The van der Waals surface area contributed by atoms with Crippen molar-refractivity contribution >= 4 is 0 Å². The third-order valence-electron chi connectivity index (χ3n) is 3.53. The smallest absolute Gasteiger partial charge is 0.0672 e. The first-order valence-corrected chi connectivity index (χ1v) is 6.43. The van der Waals surface area contributed by atoms with Gasteiger partial charge in [-0.3, -0.25) is 0 Å². The highest BCUT2D eigenvalue weighted by atomic mass is 15.1. The molecule has 2 heteroatoms. The molecule has 0 heterocycles. The molecule has 0 radical (unpaired) electrons. The molecule has 0 N–H and O–H groups in total. The van der Waals surface area contributed by atoms with Gasteiger partial charge in [0.2, 0.25) is 0 Å². The molecule has 3 unspecified atom stereocenters. The molecule has 0 amide bonds. The number of nitrogens with zero attached hydrogens (tertiary/aromatic N) is 2. The lowest BCUT2D eigenvalue weighted by molar-refractivity contribution is 0.0981. The van der Waals surface area contributed by atoms with Crippen molar-refractivity contribution in [2.75, 3.05) is 13.6 Å². The highest BCUT2D eigenvalue weighted by Crippen LogP contribution is 2.32. The number of rotatable bonds is 2. The molecule has 0 aromatic heterocycles. The topological polar surface area (TPSA) is 27.0 Å². The molecule has 1 aliphatic rings. The van der Waals surface area contributed by atoms with Gasteiger partial charge in [-0.05, 0) is 37.6 Å². The third kappa shape index (κ3) is 3.79. The minimum atomic E-state index is 0.239. The maximum atomic E-state index is 9.22. The Bertz CT molecular complexity index is 259. The fourth-order valence-electron chi connectivity index (χ4n) is 2.85. The van der Waals surface area contributed by atoms with Crippen LogP contribution in [0.2, 0.25) is 0 Å². The van der Waals surface area contributed by atoms with Gasteiger partial charge in [-0.2, -0.15) is 5.26 Å². The molecular weight excluding hydrogens is 196 g/mol. The Balaban J connectivity index is 2.64. The molecule has 1 aliphatic carbocycles. The SMILES string of the molecule is CC1CCC(C#N)C(N(C)CC(C)(C)C)C1. The molecular formula is C14H26N2. The van der Waals surface area contributed by atoms with Crippen molar-refractivity contribution in [3.63, 3.8) is 0 Å². The highest BCUT2D eigenvalue weighted by molar-refractivity contribution is 4.96. The predicted octanol–water partition coefficient (Wildman–Crippen LogP) is 3.29. The summed E-state index contributed by atoms with van der Waals surface area (Å²) in [5, 5.41) is 9.22. The average molecular weight is 222 g/mol. The van der Waals surface area contributed by atoms with E-state index in [-0.39, 0.29) is 5.92 Å². The lowest BCUT2D eigenvalue weighted by Crippen LogP contribution is -2.44. The van der Waals surface area contributed by atoms with Crippen molar-refractivity contribution < 1.29 is 0 Å². The predicted molar refractivity (Wildman–Crippen MR) is 68.0 cm³/mol. The molecule has 92 valence electrons. The van der Waals surface area contributed by atoms with Crippen LogP contribution in [-0.2, 0) is 0 Å². The van der Waals surface area contributed by atoms with Gasteiger partial charge >= 0.3 is 0 Å². The first kappa shape index (κ1) is 13.5. The van der Waals surface area contributed by atoms with Crippen LogP contribution < -0.4 is 0 Å². The van der Waals surface area contributed by atoms with Crippen LogP contribution in [0.15, 0.2) is 0 Å². The number of hydrogen-bond acceptors (Lipinski definition) is 2. The molecule has 3 atom stereocenters. The van der Waals surface area contributed by atoms with E-state index in [1.165, 1.54) is 12.8 Å². The van der Waals surface area contributed by atoms with Crippen molar-refractivity contribution in [3.8, 4) is 6.07 Å². The number of hydrogen-bond donors (Lipinski definition) is 0. The summed E-state index contributed by atoms with van der Waals surface area (Å²) < 4.78 is 0. The lowest BCUT2D eigenvalue weighted by Gasteiger charge is -2.40. The first-order valence-electron chi connectivity index (χ1n) is 6.43. The fraction of sp³-hybridized carbons (Fsp3) is 0.929. The second kappa shape index (κ2) is 5.19. The zero-order chi connectivity index (χ0) is 12.3. The van der Waals surface area contributed by atoms with E-state index in [0.717, 1.165) is 18.9 Å². The zero-order valence-corrected chi connectivity index (χ0v) is 11.5. The van der Waals surface area contributed by atoms with Gasteiger partial charge in [-0.25, -0.2) is 0 Å². The van der Waals surface area contributed by atoms with Crippen molar-refractivity contribution in [2.45, 2.75) is 53.0 Å². The standard InChI is InChI=1S/C14H26N2/c1-11-6-7-12(9-15)13(8-11)16(5)10-14(2,3)4/h11-13H,6-8,10H2,1-5H3. The summed E-state index contributed by atoms with van der Waals surface area (Å²) >= 11 is 0. The monoisotopic (exact) mass is 222 g/mol. The van der Waals surface area contributed by atoms with Crippen LogP contribution in [0.3, 0.4) is 0 Å². The summed E-state index contributed by atoms with van der Waals surface area (Å²) in [4.78, 5) is 2.41. The second-order valence-electron chi connectivity index (χ2n) is 6.70. The van der Waals surface area contributed by atoms with Gasteiger partial charge in [0.25, 0.3) is 0 Å². The van der Waals surface area contributed by atoms with Crippen molar-refractivity contribution in [1.82, 2.24) is 4.90 Å². The van der Waals surface area contributed by atoms with E-state index in [4.69, 9.17) is 0 Å². The van der Waals surface area contributed by atoms with E-state index in [0.29, 0.717) is 11.5 Å². The zero-order valence-electron chi connectivity index (χ0n) is 11.5. The van der Waals surface area contributed by atoms with E-state index in [2.05, 4.69) is 45.7 Å². The summed E-state index contributed by atoms with van der Waals surface area (Å²) in [6.07, 6.45) is 3.49. The summed E-state index contributed by atoms with van der Waals surface area (Å²) in [6, 6.07) is 2.97. The first-order chi connectivity index (χ1) is 7.33. The summed E-state index contributed by atoms with van der Waals surface area (Å²) in [7, 11) is 2.18. The molecule has 0 aromatic rings. The molecule has 0 aromatic carbocycles. The van der Waals surface area contributed by atoms with Crippen LogP contribution in [0.4, 0.5) is 0 Å². The van der Waals surface area contributed by atoms with Gasteiger partial charge in [-0.15, -0.1) is 0 Å². The molecule has 0 saturated heterocycles. The Labute approximate surface area is 101 Å². The maximum absolute atomic E-state index is 9.22. The molecule has 1 saturated carbocycles. The Morgan fingerprint density at radius 2 is 1.94 bits per heavy atom. The van der Waals surface area contributed by atoms with E-state index in [9.17, 15) is 5.26 Å². The van der Waals surface area contributed by atoms with E-state index in [1.807, 2.05) is 0 Å². The van der Waals surface area contributed by atoms with E-state index in [1.54, 1.807) is 0 Å². The van der Waals surface area contributed by atoms with Gasteiger partial charge in [0, 0.05) is 12.6 Å². The lowest BCUT2D eigenvalue weighted by atomic mass is 9.78. The van der Waals surface area contributed by atoms with Gasteiger partial charge in [0.05, 0.1) is 12.0 Å². The Morgan fingerprint density at radius 3 is 2.44 bits per heavy atom. The Morgan fingerprint density at radius 1 is 1.31 bits per heavy atom. The van der Waals surface area contributed by atoms with Crippen LogP contribution in [0.1, 0.15) is 47.0 Å². The molecule has 2 nitrogen and oxygen atoms in total. The number of nitriles is 1. The van der Waals surface area contributed by atoms with Crippen LogP contribution in [0, 0.1) is 28.6 Å². The molecule has 1 rings (SSSR count). The molecule has 0 spiro atoms. The molecule has 16 heavy (non-hydrogen) atoms. The van der Waals surface area contributed by atoms with Gasteiger partial charge in [-0.1, -0.05) is 27.7 Å². The largest absolute Gasteiger partial charge is 0.302 e. The quantitative estimate of drug-likeness (QED) is 0.717. The normalized spacial score (nSPS) is 31.4. The highest BCUT2D eigenvalue weighted by Gasteiger charge is 2.32. The maximum Gasteiger partial charge on any atom is 0.0672 e. The molecule has 0 aliphatic heterocycles. The van der Waals surface area contributed by atoms with Crippen molar-refractivity contribution in [1.29, 1.82) is 5.26 Å². The van der Waals surface area contributed by atoms with E-state index >= 15 is 0 Å². The van der Waals surface area contributed by atoms with Gasteiger partial charge in [0.15, 0.2) is 0 Å². The van der Waals surface area contributed by atoms with Gasteiger partial charge < -0.3 is 4.90 Å². The van der Waals surface area contributed by atoms with Crippen LogP contribution in [-0.4, -0.2) is 24.5 Å². The summed E-state index contributed by atoms with van der Waals surface area (Å²) in [5.74, 6) is 1.01. The molecule has 1 fully saturated rings. The minimum absolute atomic E-state index is 0.239. The van der Waals surface area contributed by atoms with Crippen LogP contribution in [0.25, 0.3) is 0 Å². The Kier molecular flexibility index (Phi) is 4.38. The molecule has 0 bridgehead atoms.